The molecule has 0 spiro atoms. The van der Waals surface area contributed by atoms with Crippen molar-refractivity contribution in [1.29, 1.82) is 0 Å². The fourth-order valence-corrected chi connectivity index (χ4v) is 3.01. The fraction of sp³-hybridized carbons (Fsp3) is 0.467. The molecule has 2 aliphatic rings. The highest BCUT2D eigenvalue weighted by Gasteiger charge is 2.38. The normalized spacial score (nSPS) is 18.3. The number of likely N-dealkylation sites (tertiary alicyclic amines) is 2. The van der Waals surface area contributed by atoms with Gasteiger partial charge in [-0.3, -0.25) is 4.79 Å². The number of urea groups is 1. The number of nitrogens with zero attached hydrogens (tertiary/aromatic N) is 2. The van der Waals surface area contributed by atoms with Crippen molar-refractivity contribution < 1.29 is 18.4 Å². The summed E-state index contributed by atoms with van der Waals surface area (Å²) in [5.74, 6) is -1.26. The molecule has 0 aromatic heterocycles. The summed E-state index contributed by atoms with van der Waals surface area (Å²) in [4.78, 5) is 26.9. The van der Waals surface area contributed by atoms with Gasteiger partial charge in [0.15, 0.2) is 0 Å². The van der Waals surface area contributed by atoms with Crippen LogP contribution < -0.4 is 5.32 Å². The average Bonchev–Trinajstić information content (AvgIpc) is 2.86. The van der Waals surface area contributed by atoms with Gasteiger partial charge in [0, 0.05) is 38.2 Å². The van der Waals surface area contributed by atoms with Crippen LogP contribution in [0.5, 0.6) is 0 Å². The Hall–Kier alpha value is -1.89. The molecule has 2 heterocycles. The second-order valence-electron chi connectivity index (χ2n) is 5.77. The predicted octanol–water partition coefficient (Wildman–Crippen LogP) is 2.13. The van der Waals surface area contributed by atoms with E-state index in [1.807, 2.05) is 0 Å². The Bertz CT molecular complexity index is 650. The van der Waals surface area contributed by atoms with E-state index in [2.05, 4.69) is 5.32 Å². The van der Waals surface area contributed by atoms with E-state index in [4.69, 9.17) is 11.6 Å². The van der Waals surface area contributed by atoms with Gasteiger partial charge in [-0.05, 0) is 18.6 Å². The second kappa shape index (κ2) is 6.31. The zero-order valence-electron chi connectivity index (χ0n) is 12.3. The van der Waals surface area contributed by atoms with Crippen molar-refractivity contribution in [2.75, 3.05) is 19.6 Å². The van der Waals surface area contributed by atoms with Crippen LogP contribution in [0, 0.1) is 11.6 Å². The maximum atomic E-state index is 13.6. The van der Waals surface area contributed by atoms with Crippen LogP contribution in [-0.2, 0) is 11.3 Å². The Morgan fingerprint density at radius 2 is 2.04 bits per heavy atom. The minimum atomic E-state index is -0.728. The zero-order chi connectivity index (χ0) is 16.6. The van der Waals surface area contributed by atoms with E-state index in [1.54, 1.807) is 9.80 Å². The van der Waals surface area contributed by atoms with Crippen molar-refractivity contribution in [3.05, 3.63) is 34.4 Å². The number of carbonyl (C=O) groups is 2. The summed E-state index contributed by atoms with van der Waals surface area (Å²) in [6.07, 6.45) is 1.44. The molecule has 2 fully saturated rings. The number of benzene rings is 1. The lowest BCUT2D eigenvalue weighted by Crippen LogP contribution is -2.63. The molecule has 1 aromatic carbocycles. The van der Waals surface area contributed by atoms with Gasteiger partial charge in [-0.1, -0.05) is 11.6 Å². The van der Waals surface area contributed by atoms with Gasteiger partial charge in [-0.15, -0.1) is 0 Å². The maximum absolute atomic E-state index is 13.6. The molecule has 0 radical (unpaired) electrons. The molecule has 0 atom stereocenters. The van der Waals surface area contributed by atoms with Crippen LogP contribution in [-0.4, -0.2) is 47.4 Å². The Kier molecular flexibility index (Phi) is 4.39. The Morgan fingerprint density at radius 3 is 2.70 bits per heavy atom. The minimum Gasteiger partial charge on any atom is -0.336 e. The van der Waals surface area contributed by atoms with Crippen molar-refractivity contribution in [2.24, 2.45) is 0 Å². The third-order valence-electron chi connectivity index (χ3n) is 4.22. The SMILES string of the molecule is O=C(NCc1cc(F)c(Cl)cc1F)N1CC(N2CCCC2=O)C1. The van der Waals surface area contributed by atoms with Crippen molar-refractivity contribution >= 4 is 23.5 Å². The number of carbonyl (C=O) groups excluding carboxylic acids is 2. The molecule has 1 N–H and O–H groups in total. The summed E-state index contributed by atoms with van der Waals surface area (Å²) in [5, 5.41) is 2.25. The van der Waals surface area contributed by atoms with Crippen LogP contribution in [0.4, 0.5) is 13.6 Å². The topological polar surface area (TPSA) is 52.7 Å². The molecule has 1 aromatic rings. The Labute approximate surface area is 137 Å². The van der Waals surface area contributed by atoms with Crippen molar-refractivity contribution in [1.82, 2.24) is 15.1 Å². The third kappa shape index (κ3) is 3.24. The molecule has 124 valence electrons. The van der Waals surface area contributed by atoms with Gasteiger partial charge in [0.25, 0.3) is 0 Å². The van der Waals surface area contributed by atoms with E-state index in [-0.39, 0.29) is 35.1 Å². The average molecular weight is 344 g/mol. The van der Waals surface area contributed by atoms with Crippen molar-refractivity contribution in [3.8, 4) is 0 Å². The largest absolute Gasteiger partial charge is 0.336 e. The first-order valence-corrected chi connectivity index (χ1v) is 7.79. The predicted molar refractivity (Wildman–Crippen MR) is 79.9 cm³/mol. The third-order valence-corrected chi connectivity index (χ3v) is 4.51. The van der Waals surface area contributed by atoms with E-state index < -0.39 is 11.6 Å². The molecule has 8 heteroatoms. The van der Waals surface area contributed by atoms with Gasteiger partial charge in [-0.2, -0.15) is 0 Å². The molecule has 3 rings (SSSR count). The Morgan fingerprint density at radius 1 is 1.30 bits per heavy atom. The van der Waals surface area contributed by atoms with E-state index in [0.29, 0.717) is 19.5 Å². The second-order valence-corrected chi connectivity index (χ2v) is 6.17. The summed E-state index contributed by atoms with van der Waals surface area (Å²) < 4.78 is 26.9. The highest BCUT2D eigenvalue weighted by atomic mass is 35.5. The van der Waals surface area contributed by atoms with Crippen molar-refractivity contribution in [2.45, 2.75) is 25.4 Å². The van der Waals surface area contributed by atoms with Crippen LogP contribution in [0.1, 0.15) is 18.4 Å². The van der Waals surface area contributed by atoms with Gasteiger partial charge < -0.3 is 15.1 Å². The van der Waals surface area contributed by atoms with Crippen LogP contribution in [0.2, 0.25) is 5.02 Å². The summed E-state index contributed by atoms with van der Waals surface area (Å²) in [5.41, 5.74) is 0.0343. The molecule has 3 amide bonds. The monoisotopic (exact) mass is 343 g/mol. The molecular formula is C15H16ClF2N3O2. The molecule has 0 saturated carbocycles. The number of amides is 3. The highest BCUT2D eigenvalue weighted by Crippen LogP contribution is 2.22. The fourth-order valence-electron chi connectivity index (χ4n) is 2.86. The maximum Gasteiger partial charge on any atom is 0.317 e. The molecule has 5 nitrogen and oxygen atoms in total. The summed E-state index contributed by atoms with van der Waals surface area (Å²) >= 11 is 5.48. The number of rotatable bonds is 3. The van der Waals surface area contributed by atoms with Gasteiger partial charge in [0.1, 0.15) is 11.6 Å². The van der Waals surface area contributed by atoms with Crippen LogP contribution in [0.25, 0.3) is 0 Å². The first kappa shape index (κ1) is 16.0. The number of hydrogen-bond acceptors (Lipinski definition) is 2. The van der Waals surface area contributed by atoms with E-state index >= 15 is 0 Å². The molecule has 0 bridgehead atoms. The zero-order valence-corrected chi connectivity index (χ0v) is 13.1. The van der Waals surface area contributed by atoms with E-state index in [9.17, 15) is 18.4 Å². The van der Waals surface area contributed by atoms with Gasteiger partial charge in [0.05, 0.1) is 11.1 Å². The molecule has 2 aliphatic heterocycles. The van der Waals surface area contributed by atoms with Crippen molar-refractivity contribution in [3.63, 3.8) is 0 Å². The molecular weight excluding hydrogens is 328 g/mol. The van der Waals surface area contributed by atoms with Crippen LogP contribution >= 0.6 is 11.6 Å². The molecule has 0 unspecified atom stereocenters. The minimum absolute atomic E-state index is 0.0343. The van der Waals surface area contributed by atoms with Gasteiger partial charge >= 0.3 is 6.03 Å². The highest BCUT2D eigenvalue weighted by molar-refractivity contribution is 6.30. The quantitative estimate of drug-likeness (QED) is 0.855. The van der Waals surface area contributed by atoms with Gasteiger partial charge in [-0.25, -0.2) is 13.6 Å². The number of hydrogen-bond donors (Lipinski definition) is 1. The van der Waals surface area contributed by atoms with Gasteiger partial charge in [0.2, 0.25) is 5.91 Å². The lowest BCUT2D eigenvalue weighted by Gasteiger charge is -2.43. The van der Waals surface area contributed by atoms with Crippen LogP contribution in [0.15, 0.2) is 12.1 Å². The summed E-state index contributed by atoms with van der Waals surface area (Å²) in [7, 11) is 0. The standard InChI is InChI=1S/C15H16ClF2N3O2/c16-11-5-12(17)9(4-13(11)18)6-19-15(23)20-7-10(8-20)21-3-1-2-14(21)22/h4-5,10H,1-3,6-8H2,(H,19,23). The summed E-state index contributed by atoms with van der Waals surface area (Å²) in [6.45, 7) is 1.56. The lowest BCUT2D eigenvalue weighted by atomic mass is 10.1. The molecule has 0 aliphatic carbocycles. The Balaban J connectivity index is 1.49. The molecule has 2 saturated heterocycles. The summed E-state index contributed by atoms with van der Waals surface area (Å²) in [6, 6.07) is 1.57. The first-order valence-electron chi connectivity index (χ1n) is 7.41. The number of nitrogens with one attached hydrogen (secondary N) is 1. The lowest BCUT2D eigenvalue weighted by molar-refractivity contribution is -0.132. The molecule has 23 heavy (non-hydrogen) atoms. The van der Waals surface area contributed by atoms with E-state index in [1.165, 1.54) is 0 Å². The number of halogens is 3. The van der Waals surface area contributed by atoms with E-state index in [0.717, 1.165) is 25.1 Å². The first-order chi connectivity index (χ1) is 11.0. The smallest absolute Gasteiger partial charge is 0.317 e. The van der Waals surface area contributed by atoms with Crippen LogP contribution in [0.3, 0.4) is 0 Å².